The smallest absolute Gasteiger partial charge is 0.257 e. The molecule has 2 fully saturated rings. The lowest BCUT2D eigenvalue weighted by atomic mass is 9.68. The van der Waals surface area contributed by atoms with Crippen LogP contribution in [0.3, 0.4) is 0 Å². The Kier molecular flexibility index (Phi) is 6.33. The van der Waals surface area contributed by atoms with Crippen molar-refractivity contribution in [2.24, 2.45) is 0 Å². The molecule has 218 valence electrons. The lowest BCUT2D eigenvalue weighted by Gasteiger charge is -2.53. The average molecular weight is 581 g/mol. The summed E-state index contributed by atoms with van der Waals surface area (Å²) < 4.78 is 27.5. The molecule has 0 unspecified atom stereocenters. The van der Waals surface area contributed by atoms with Gasteiger partial charge in [0.25, 0.3) is 6.43 Å². The number of nitrogens with zero attached hydrogens (tertiary/aromatic N) is 7. The van der Waals surface area contributed by atoms with Crippen LogP contribution in [0.4, 0.5) is 14.5 Å². The van der Waals surface area contributed by atoms with Gasteiger partial charge in [-0.15, -0.1) is 0 Å². The SMILES string of the molecule is CN1C(=O)C2(CCN(C3(CC#N)CCC3)CC2)c2c1cnc1[nH]c(-c3cnn(CC(F)F)c3)c(-c3ccc(C#N)cc3)c21. The van der Waals surface area contributed by atoms with Gasteiger partial charge in [-0.05, 0) is 49.8 Å². The fourth-order valence-corrected chi connectivity index (χ4v) is 7.54. The van der Waals surface area contributed by atoms with E-state index >= 15 is 0 Å². The quantitative estimate of drug-likeness (QED) is 0.327. The van der Waals surface area contributed by atoms with Crippen LogP contribution in [0.5, 0.6) is 0 Å². The first-order valence-corrected chi connectivity index (χ1v) is 14.6. The minimum Gasteiger partial charge on any atom is -0.339 e. The Balaban J connectivity index is 1.41. The van der Waals surface area contributed by atoms with E-state index in [1.165, 1.54) is 4.68 Å². The number of piperidine rings is 1. The van der Waals surface area contributed by atoms with Gasteiger partial charge in [0.2, 0.25) is 5.91 Å². The Bertz CT molecular complexity index is 1810. The summed E-state index contributed by atoms with van der Waals surface area (Å²) in [6.45, 7) is 0.912. The fraction of sp³-hybridized carbons (Fsp3) is 0.406. The number of hydrogen-bond donors (Lipinski definition) is 1. The number of halogens is 2. The van der Waals surface area contributed by atoms with Gasteiger partial charge in [-0.3, -0.25) is 14.4 Å². The Labute approximate surface area is 247 Å². The molecule has 4 aromatic rings. The first-order valence-electron chi connectivity index (χ1n) is 14.6. The van der Waals surface area contributed by atoms with E-state index in [1.54, 1.807) is 42.7 Å². The molecule has 1 aliphatic carbocycles. The number of aromatic nitrogens is 4. The van der Waals surface area contributed by atoms with Crippen LogP contribution in [0.25, 0.3) is 33.4 Å². The van der Waals surface area contributed by atoms with Crippen molar-refractivity contribution in [2.75, 3.05) is 25.0 Å². The van der Waals surface area contributed by atoms with Crippen LogP contribution in [0.15, 0.2) is 42.9 Å². The number of carbonyl (C=O) groups is 1. The van der Waals surface area contributed by atoms with Crippen LogP contribution < -0.4 is 4.90 Å². The minimum absolute atomic E-state index is 0.0395. The molecule has 0 bridgehead atoms. The number of pyridine rings is 1. The molecule has 3 aliphatic rings. The van der Waals surface area contributed by atoms with Gasteiger partial charge in [-0.1, -0.05) is 12.1 Å². The van der Waals surface area contributed by atoms with E-state index in [4.69, 9.17) is 4.98 Å². The number of nitriles is 2. The molecule has 43 heavy (non-hydrogen) atoms. The van der Waals surface area contributed by atoms with Crippen molar-refractivity contribution < 1.29 is 13.6 Å². The number of amides is 1. The maximum Gasteiger partial charge on any atom is 0.257 e. The van der Waals surface area contributed by atoms with Gasteiger partial charge in [-0.2, -0.15) is 15.6 Å². The van der Waals surface area contributed by atoms with E-state index in [0.29, 0.717) is 54.8 Å². The summed E-state index contributed by atoms with van der Waals surface area (Å²) in [5, 5.41) is 23.9. The number of rotatable bonds is 6. The largest absolute Gasteiger partial charge is 0.339 e. The molecule has 3 aromatic heterocycles. The molecule has 1 N–H and O–H groups in total. The zero-order valence-electron chi connectivity index (χ0n) is 23.8. The highest BCUT2D eigenvalue weighted by Gasteiger charge is 2.55. The van der Waals surface area contributed by atoms with E-state index in [2.05, 4.69) is 27.1 Å². The second-order valence-electron chi connectivity index (χ2n) is 12.0. The second-order valence-corrected chi connectivity index (χ2v) is 12.0. The summed E-state index contributed by atoms with van der Waals surface area (Å²) in [7, 11) is 1.79. The highest BCUT2D eigenvalue weighted by molar-refractivity contribution is 6.16. The molecule has 1 saturated carbocycles. The molecule has 9 nitrogen and oxygen atoms in total. The van der Waals surface area contributed by atoms with Gasteiger partial charge in [-0.25, -0.2) is 13.8 Å². The van der Waals surface area contributed by atoms with Crippen molar-refractivity contribution >= 4 is 22.6 Å². The Morgan fingerprint density at radius 3 is 2.44 bits per heavy atom. The van der Waals surface area contributed by atoms with Gasteiger partial charge in [0, 0.05) is 53.9 Å². The molecule has 1 saturated heterocycles. The first-order chi connectivity index (χ1) is 20.8. The summed E-state index contributed by atoms with van der Waals surface area (Å²) in [5.41, 5.74) is 4.84. The second kappa shape index (κ2) is 9.99. The standard InChI is InChI=1S/C32H30F2N8O/c1-40-23-17-37-29-26(27(23)32(30(40)43)10-13-41(14-11-32)31(9-12-35)7-2-8-31)25(21-5-3-20(15-36)4-6-21)28(39-29)22-16-38-42(18-22)19-24(33)34/h3-6,16-18,24H,2,7-11,13-14,19H2,1H3,(H,37,39). The topological polar surface area (TPSA) is 118 Å². The zero-order chi connectivity index (χ0) is 29.9. The monoisotopic (exact) mass is 580 g/mol. The van der Waals surface area contributed by atoms with Crippen molar-refractivity contribution in [1.82, 2.24) is 24.6 Å². The Morgan fingerprint density at radius 2 is 1.81 bits per heavy atom. The molecule has 0 radical (unpaired) electrons. The predicted octanol–water partition coefficient (Wildman–Crippen LogP) is 5.38. The summed E-state index contributed by atoms with van der Waals surface area (Å²) in [6, 6.07) is 11.8. The number of aromatic amines is 1. The third-order valence-corrected chi connectivity index (χ3v) is 9.89. The van der Waals surface area contributed by atoms with E-state index < -0.39 is 18.4 Å². The molecule has 5 heterocycles. The van der Waals surface area contributed by atoms with Gasteiger partial charge in [0.05, 0.1) is 53.3 Å². The van der Waals surface area contributed by atoms with Crippen molar-refractivity contribution in [3.63, 3.8) is 0 Å². The number of likely N-dealkylation sites (tertiary alicyclic amines) is 1. The van der Waals surface area contributed by atoms with Gasteiger partial charge >= 0.3 is 0 Å². The Morgan fingerprint density at radius 1 is 1.07 bits per heavy atom. The number of alkyl halides is 2. The summed E-state index contributed by atoms with van der Waals surface area (Å²) in [4.78, 5) is 26.5. The molecule has 1 spiro atoms. The van der Waals surface area contributed by atoms with Gasteiger partial charge in [0.15, 0.2) is 0 Å². The van der Waals surface area contributed by atoms with Crippen LogP contribution in [0.1, 0.15) is 49.7 Å². The van der Waals surface area contributed by atoms with Crippen molar-refractivity contribution in [1.29, 1.82) is 10.5 Å². The lowest BCUT2D eigenvalue weighted by molar-refractivity contribution is -0.126. The minimum atomic E-state index is -2.54. The first kappa shape index (κ1) is 27.2. The fourth-order valence-electron chi connectivity index (χ4n) is 7.54. The van der Waals surface area contributed by atoms with E-state index in [1.807, 2.05) is 12.1 Å². The number of likely N-dealkylation sites (N-methyl/N-ethyl adjacent to an activating group) is 1. The highest BCUT2D eigenvalue weighted by Crippen LogP contribution is 2.54. The summed E-state index contributed by atoms with van der Waals surface area (Å²) in [6.07, 6.45) is 7.22. The molecular formula is C32H30F2N8O. The highest BCUT2D eigenvalue weighted by atomic mass is 19.3. The van der Waals surface area contributed by atoms with E-state index in [-0.39, 0.29) is 11.4 Å². The molecule has 0 atom stereocenters. The normalized spacial score (nSPS) is 19.0. The lowest BCUT2D eigenvalue weighted by Crippen LogP contribution is -2.59. The van der Waals surface area contributed by atoms with Crippen LogP contribution in [-0.4, -0.2) is 62.7 Å². The zero-order valence-corrected chi connectivity index (χ0v) is 23.8. The molecule has 1 aromatic carbocycles. The molecule has 11 heteroatoms. The number of anilines is 1. The average Bonchev–Trinajstić information content (AvgIpc) is 3.66. The number of H-pyrrole nitrogens is 1. The number of nitrogens with one attached hydrogen (secondary N) is 1. The van der Waals surface area contributed by atoms with Crippen LogP contribution in [0.2, 0.25) is 0 Å². The van der Waals surface area contributed by atoms with Gasteiger partial charge < -0.3 is 9.88 Å². The molecule has 2 aliphatic heterocycles. The van der Waals surface area contributed by atoms with Crippen LogP contribution in [0, 0.1) is 22.7 Å². The number of hydrogen-bond acceptors (Lipinski definition) is 6. The van der Waals surface area contributed by atoms with Crippen LogP contribution >= 0.6 is 0 Å². The van der Waals surface area contributed by atoms with Crippen molar-refractivity contribution in [2.45, 2.75) is 62.4 Å². The van der Waals surface area contributed by atoms with Crippen molar-refractivity contribution in [3.05, 3.63) is 54.0 Å². The Hall–Kier alpha value is -4.61. The van der Waals surface area contributed by atoms with E-state index in [0.717, 1.165) is 47.0 Å². The van der Waals surface area contributed by atoms with Crippen molar-refractivity contribution in [3.8, 4) is 34.5 Å². The van der Waals surface area contributed by atoms with Crippen LogP contribution in [-0.2, 0) is 16.8 Å². The number of fused-ring (bicyclic) bond motifs is 4. The number of carbonyl (C=O) groups excluding carboxylic acids is 1. The maximum absolute atomic E-state index is 14.2. The third-order valence-electron chi connectivity index (χ3n) is 9.89. The molecule has 1 amide bonds. The van der Waals surface area contributed by atoms with E-state index in [9.17, 15) is 24.1 Å². The maximum atomic E-state index is 14.2. The van der Waals surface area contributed by atoms with Gasteiger partial charge in [0.1, 0.15) is 12.2 Å². The summed E-state index contributed by atoms with van der Waals surface area (Å²) >= 11 is 0. The molecular weight excluding hydrogens is 550 g/mol. The number of benzene rings is 1. The third kappa shape index (κ3) is 4.06. The molecule has 7 rings (SSSR count). The summed E-state index contributed by atoms with van der Waals surface area (Å²) in [5.74, 6) is 0.0395. The predicted molar refractivity (Wildman–Crippen MR) is 156 cm³/mol.